The van der Waals surface area contributed by atoms with Crippen LogP contribution in [0.2, 0.25) is 0 Å². The molecule has 0 radical (unpaired) electrons. The van der Waals surface area contributed by atoms with Gasteiger partial charge >= 0.3 is 0 Å². The Hall–Kier alpha value is -1.36. The fourth-order valence-electron chi connectivity index (χ4n) is 2.90. The summed E-state index contributed by atoms with van der Waals surface area (Å²) in [7, 11) is 0. The lowest BCUT2D eigenvalue weighted by Crippen LogP contribution is -2.45. The van der Waals surface area contributed by atoms with Gasteiger partial charge in [-0.05, 0) is 38.5 Å². The van der Waals surface area contributed by atoms with E-state index in [0.717, 1.165) is 38.8 Å². The van der Waals surface area contributed by atoms with E-state index in [1.165, 1.54) is 0 Å². The molecule has 1 aliphatic carbocycles. The average Bonchev–Trinajstić information content (AvgIpc) is 3.23. The first-order valence-electron chi connectivity index (χ1n) is 7.24. The van der Waals surface area contributed by atoms with E-state index in [1.54, 1.807) is 6.20 Å². The molecule has 0 bridgehead atoms. The maximum absolute atomic E-state index is 12.5. The summed E-state index contributed by atoms with van der Waals surface area (Å²) in [5.41, 5.74) is 6.07. The molecule has 5 nitrogen and oxygen atoms in total. The lowest BCUT2D eigenvalue weighted by Gasteiger charge is -2.35. The van der Waals surface area contributed by atoms with Crippen molar-refractivity contribution in [1.29, 1.82) is 0 Å². The van der Waals surface area contributed by atoms with Crippen LogP contribution in [-0.4, -0.2) is 28.7 Å². The number of aromatic nitrogens is 2. The highest BCUT2D eigenvalue weighted by Crippen LogP contribution is 2.33. The van der Waals surface area contributed by atoms with Gasteiger partial charge in [-0.1, -0.05) is 0 Å². The van der Waals surface area contributed by atoms with Crippen molar-refractivity contribution >= 4 is 5.82 Å². The number of piperidine rings is 1. The van der Waals surface area contributed by atoms with Crippen molar-refractivity contribution in [3.8, 4) is 0 Å². The highest BCUT2D eigenvalue weighted by Gasteiger charge is 2.28. The number of nitrogens with zero attached hydrogens (tertiary/aromatic N) is 3. The zero-order chi connectivity index (χ0) is 13.4. The van der Waals surface area contributed by atoms with Crippen LogP contribution in [0, 0.1) is 5.92 Å². The first kappa shape index (κ1) is 12.7. The minimum atomic E-state index is 0.0651. The number of anilines is 1. The van der Waals surface area contributed by atoms with Crippen molar-refractivity contribution in [3.05, 3.63) is 22.7 Å². The highest BCUT2D eigenvalue weighted by molar-refractivity contribution is 5.36. The van der Waals surface area contributed by atoms with Gasteiger partial charge in [0.2, 0.25) is 0 Å². The number of nitrogens with two attached hydrogens (primary N) is 1. The van der Waals surface area contributed by atoms with E-state index < -0.39 is 0 Å². The zero-order valence-electron chi connectivity index (χ0n) is 11.5. The topological polar surface area (TPSA) is 64.2 Å². The lowest BCUT2D eigenvalue weighted by molar-refractivity contribution is 0.362. The van der Waals surface area contributed by atoms with Crippen LogP contribution in [0.5, 0.6) is 0 Å². The molecule has 1 aromatic rings. The molecule has 5 heteroatoms. The standard InChI is InChI=1S/C14H22N4O/c1-10(15)11-3-2-7-17(9-11)13-14(19)18(8-6-16-13)12-4-5-12/h6,8,10-12H,2-5,7,9,15H2,1H3. The molecule has 3 rings (SSSR count). The molecule has 2 heterocycles. The minimum Gasteiger partial charge on any atom is -0.352 e. The fourth-order valence-corrected chi connectivity index (χ4v) is 2.90. The van der Waals surface area contributed by atoms with Gasteiger partial charge in [-0.25, -0.2) is 4.98 Å². The van der Waals surface area contributed by atoms with Gasteiger partial charge in [0.25, 0.3) is 5.56 Å². The van der Waals surface area contributed by atoms with Gasteiger partial charge in [-0.2, -0.15) is 0 Å². The van der Waals surface area contributed by atoms with Crippen LogP contribution in [0.15, 0.2) is 17.2 Å². The van der Waals surface area contributed by atoms with Crippen molar-refractivity contribution in [2.24, 2.45) is 11.7 Å². The Morgan fingerprint density at radius 2 is 2.21 bits per heavy atom. The van der Waals surface area contributed by atoms with Crippen LogP contribution in [0.1, 0.15) is 38.6 Å². The van der Waals surface area contributed by atoms with Crippen LogP contribution in [0.3, 0.4) is 0 Å². The Morgan fingerprint density at radius 3 is 2.89 bits per heavy atom. The van der Waals surface area contributed by atoms with E-state index in [0.29, 0.717) is 17.8 Å². The Balaban J connectivity index is 1.85. The molecule has 104 valence electrons. The van der Waals surface area contributed by atoms with Crippen molar-refractivity contribution in [3.63, 3.8) is 0 Å². The summed E-state index contributed by atoms with van der Waals surface area (Å²) in [6, 6.07) is 0.584. The van der Waals surface area contributed by atoms with Gasteiger partial charge in [0.05, 0.1) is 0 Å². The summed E-state index contributed by atoms with van der Waals surface area (Å²) in [4.78, 5) is 18.9. The molecule has 2 unspecified atom stereocenters. The van der Waals surface area contributed by atoms with E-state index in [4.69, 9.17) is 5.73 Å². The third-order valence-corrected chi connectivity index (χ3v) is 4.29. The van der Waals surface area contributed by atoms with Crippen molar-refractivity contribution in [2.75, 3.05) is 18.0 Å². The number of rotatable bonds is 3. The number of hydrogen-bond donors (Lipinski definition) is 1. The maximum Gasteiger partial charge on any atom is 0.293 e. The average molecular weight is 262 g/mol. The van der Waals surface area contributed by atoms with E-state index in [-0.39, 0.29) is 11.6 Å². The van der Waals surface area contributed by atoms with Gasteiger partial charge in [-0.15, -0.1) is 0 Å². The van der Waals surface area contributed by atoms with Crippen LogP contribution in [0.25, 0.3) is 0 Å². The summed E-state index contributed by atoms with van der Waals surface area (Å²) in [6.45, 7) is 3.82. The van der Waals surface area contributed by atoms with Crippen LogP contribution < -0.4 is 16.2 Å². The summed E-state index contributed by atoms with van der Waals surface area (Å²) < 4.78 is 1.85. The quantitative estimate of drug-likeness (QED) is 0.887. The molecule has 2 atom stereocenters. The fraction of sp³-hybridized carbons (Fsp3) is 0.714. The highest BCUT2D eigenvalue weighted by atomic mass is 16.1. The third-order valence-electron chi connectivity index (χ3n) is 4.29. The minimum absolute atomic E-state index is 0.0651. The van der Waals surface area contributed by atoms with Crippen molar-refractivity contribution in [1.82, 2.24) is 9.55 Å². The summed E-state index contributed by atoms with van der Waals surface area (Å²) in [5.74, 6) is 1.07. The van der Waals surface area contributed by atoms with Crippen molar-refractivity contribution < 1.29 is 0 Å². The molecule has 1 aliphatic heterocycles. The Labute approximate surface area is 113 Å². The van der Waals surface area contributed by atoms with Gasteiger partial charge < -0.3 is 15.2 Å². The molecule has 0 aromatic carbocycles. The van der Waals surface area contributed by atoms with Gasteiger partial charge in [0, 0.05) is 37.6 Å². The number of hydrogen-bond acceptors (Lipinski definition) is 4. The first-order valence-corrected chi connectivity index (χ1v) is 7.24. The largest absolute Gasteiger partial charge is 0.352 e. The zero-order valence-corrected chi connectivity index (χ0v) is 11.5. The lowest BCUT2D eigenvalue weighted by atomic mass is 9.92. The Morgan fingerprint density at radius 1 is 1.42 bits per heavy atom. The predicted molar refractivity (Wildman–Crippen MR) is 75.4 cm³/mol. The summed E-state index contributed by atoms with van der Waals surface area (Å²) in [5, 5.41) is 0. The SMILES string of the molecule is CC(N)C1CCCN(c2nccn(C3CC3)c2=O)C1. The van der Waals surface area contributed by atoms with Crippen molar-refractivity contribution in [2.45, 2.75) is 44.7 Å². The smallest absolute Gasteiger partial charge is 0.293 e. The maximum atomic E-state index is 12.5. The third kappa shape index (κ3) is 2.52. The molecule has 2 fully saturated rings. The predicted octanol–water partition coefficient (Wildman–Crippen LogP) is 1.14. The van der Waals surface area contributed by atoms with E-state index in [2.05, 4.69) is 16.8 Å². The van der Waals surface area contributed by atoms with Gasteiger partial charge in [0.1, 0.15) is 0 Å². The molecule has 19 heavy (non-hydrogen) atoms. The van der Waals surface area contributed by atoms with Gasteiger partial charge in [-0.3, -0.25) is 4.79 Å². The molecule has 1 aromatic heterocycles. The second-order valence-corrected chi connectivity index (χ2v) is 5.90. The molecular weight excluding hydrogens is 240 g/mol. The van der Waals surface area contributed by atoms with Crippen LogP contribution >= 0.6 is 0 Å². The monoisotopic (exact) mass is 262 g/mol. The van der Waals surface area contributed by atoms with Crippen LogP contribution in [-0.2, 0) is 0 Å². The first-order chi connectivity index (χ1) is 9.16. The molecule has 0 spiro atoms. The van der Waals surface area contributed by atoms with E-state index >= 15 is 0 Å². The van der Waals surface area contributed by atoms with Crippen LogP contribution in [0.4, 0.5) is 5.82 Å². The second-order valence-electron chi connectivity index (χ2n) is 5.90. The summed E-state index contributed by atoms with van der Waals surface area (Å²) >= 11 is 0. The molecular formula is C14H22N4O. The Kier molecular flexibility index (Phi) is 3.31. The molecule has 2 aliphatic rings. The van der Waals surface area contributed by atoms with E-state index in [1.807, 2.05) is 10.8 Å². The molecule has 2 N–H and O–H groups in total. The normalized spacial score (nSPS) is 25.4. The second kappa shape index (κ2) is 4.96. The molecule has 0 amide bonds. The van der Waals surface area contributed by atoms with E-state index in [9.17, 15) is 4.79 Å². The molecule has 1 saturated carbocycles. The molecule has 1 saturated heterocycles. The Bertz CT molecular complexity index is 506. The summed E-state index contributed by atoms with van der Waals surface area (Å²) in [6.07, 6.45) is 8.04. The van der Waals surface area contributed by atoms with Gasteiger partial charge in [0.15, 0.2) is 5.82 Å².